The van der Waals surface area contributed by atoms with Gasteiger partial charge < -0.3 is 19.7 Å². The van der Waals surface area contributed by atoms with Gasteiger partial charge in [-0.3, -0.25) is 4.79 Å². The summed E-state index contributed by atoms with van der Waals surface area (Å²) in [5.41, 5.74) is 4.28. The third-order valence-electron chi connectivity index (χ3n) is 9.12. The smallest absolute Gasteiger partial charge is 0.245 e. The first-order valence-electron chi connectivity index (χ1n) is 15.8. The Morgan fingerprint density at radius 2 is 1.83 bits per heavy atom. The van der Waals surface area contributed by atoms with Crippen molar-refractivity contribution in [3.8, 4) is 16.9 Å². The number of anilines is 2. The standard InChI is InChI=1S/C34H32F2N10O/c1-43-13-3-2-4-14-44-20-39-27-9-5-7-23(31(27)44)26-8-6-10-30(42-26)41-22-16-29(34(43)47)45(18-22)32-24-17-40-46(33(24)38-19-37-32)28-12-11-21(35)15-25(28)36/h5-12,15,17,19-20,22,29H,2-4,13-14,16,18H2,1H3,(H,41,42)/t22-,29-/m0/s1. The number of amides is 1. The molecule has 1 amide bonds. The number of hydrogen-bond acceptors (Lipinski definition) is 8. The predicted octanol–water partition coefficient (Wildman–Crippen LogP) is 5.21. The van der Waals surface area contributed by atoms with E-state index in [4.69, 9.17) is 4.98 Å². The molecular weight excluding hydrogens is 602 g/mol. The lowest BCUT2D eigenvalue weighted by atomic mass is 10.1. The van der Waals surface area contributed by atoms with Crippen LogP contribution in [0.3, 0.4) is 0 Å². The molecule has 4 bridgehead atoms. The maximum Gasteiger partial charge on any atom is 0.245 e. The third kappa shape index (κ3) is 5.21. The SMILES string of the molecule is CN1CCCCCn2cnc3cccc(c32)-c2cccc(n2)N[C@H]2C[C@@H](C1=O)N(c1ncnc3c1cnn3-c1ccc(F)cc1F)C2. The molecule has 0 spiro atoms. The quantitative estimate of drug-likeness (QED) is 0.277. The van der Waals surface area contributed by atoms with Crippen LogP contribution >= 0.6 is 0 Å². The monoisotopic (exact) mass is 634 g/mol. The van der Waals surface area contributed by atoms with Crippen LogP contribution in [-0.4, -0.2) is 77.3 Å². The molecule has 238 valence electrons. The number of likely N-dealkylation sites (N-methyl/N-ethyl adjacent to an activating group) is 1. The summed E-state index contributed by atoms with van der Waals surface area (Å²) in [6, 6.07) is 14.7. The zero-order valence-electron chi connectivity index (χ0n) is 25.7. The van der Waals surface area contributed by atoms with Crippen LogP contribution in [0.4, 0.5) is 20.4 Å². The molecule has 1 saturated heterocycles. The van der Waals surface area contributed by atoms with E-state index in [1.54, 1.807) is 11.1 Å². The summed E-state index contributed by atoms with van der Waals surface area (Å²) in [6.45, 7) is 1.90. The van der Waals surface area contributed by atoms with Gasteiger partial charge in [0.2, 0.25) is 5.91 Å². The summed E-state index contributed by atoms with van der Waals surface area (Å²) in [7, 11) is 1.85. The van der Waals surface area contributed by atoms with Gasteiger partial charge in [0.15, 0.2) is 11.5 Å². The zero-order valence-corrected chi connectivity index (χ0v) is 25.7. The molecule has 4 aromatic heterocycles. The van der Waals surface area contributed by atoms with Crippen molar-refractivity contribution < 1.29 is 13.6 Å². The zero-order chi connectivity index (χ0) is 32.1. The molecule has 11 nitrogen and oxygen atoms in total. The van der Waals surface area contributed by atoms with E-state index in [0.717, 1.165) is 54.2 Å². The number of aryl methyl sites for hydroxylation is 1. The molecule has 8 rings (SSSR count). The molecule has 13 heteroatoms. The van der Waals surface area contributed by atoms with E-state index in [9.17, 15) is 13.6 Å². The largest absolute Gasteiger partial charge is 0.365 e. The second-order valence-corrected chi connectivity index (χ2v) is 12.2. The summed E-state index contributed by atoms with van der Waals surface area (Å²) in [5.74, 6) is -0.220. The number of carbonyl (C=O) groups excluding carboxylic acids is 1. The minimum absolute atomic E-state index is 0.00668. The number of imidazole rings is 1. The second kappa shape index (κ2) is 11.7. The lowest BCUT2D eigenvalue weighted by molar-refractivity contribution is -0.131. The van der Waals surface area contributed by atoms with Crippen LogP contribution in [0, 0.1) is 11.6 Å². The molecule has 1 N–H and O–H groups in total. The molecule has 2 aromatic carbocycles. The molecule has 2 aliphatic rings. The van der Waals surface area contributed by atoms with Crippen molar-refractivity contribution in [3.63, 3.8) is 0 Å². The number of halogens is 2. The molecular formula is C34H32F2N10O. The first-order chi connectivity index (χ1) is 22.9. The topological polar surface area (TPSA) is 110 Å². The number of fused-ring (bicyclic) bond motifs is 6. The summed E-state index contributed by atoms with van der Waals surface area (Å²) in [5, 5.41) is 8.53. The predicted molar refractivity (Wildman–Crippen MR) is 174 cm³/mol. The molecule has 0 radical (unpaired) electrons. The fraction of sp³-hybridized carbons (Fsp3) is 0.294. The Hall–Kier alpha value is -5.46. The summed E-state index contributed by atoms with van der Waals surface area (Å²) >= 11 is 0. The van der Waals surface area contributed by atoms with E-state index in [-0.39, 0.29) is 17.6 Å². The van der Waals surface area contributed by atoms with Crippen LogP contribution in [0.2, 0.25) is 0 Å². The maximum atomic E-state index is 14.8. The van der Waals surface area contributed by atoms with Crippen LogP contribution in [0.1, 0.15) is 25.7 Å². The van der Waals surface area contributed by atoms with Crippen molar-refractivity contribution in [3.05, 3.63) is 85.1 Å². The van der Waals surface area contributed by atoms with Crippen LogP contribution in [0.15, 0.2) is 73.4 Å². The Morgan fingerprint density at radius 3 is 2.72 bits per heavy atom. The minimum Gasteiger partial charge on any atom is -0.365 e. The first kappa shape index (κ1) is 29.0. The van der Waals surface area contributed by atoms with Gasteiger partial charge in [0.25, 0.3) is 0 Å². The number of aromatic nitrogens is 7. The van der Waals surface area contributed by atoms with E-state index < -0.39 is 17.7 Å². The van der Waals surface area contributed by atoms with E-state index in [1.165, 1.54) is 23.1 Å². The van der Waals surface area contributed by atoms with E-state index in [1.807, 2.05) is 48.6 Å². The van der Waals surface area contributed by atoms with Crippen molar-refractivity contribution in [2.24, 2.45) is 0 Å². The fourth-order valence-electron chi connectivity index (χ4n) is 6.85. The van der Waals surface area contributed by atoms with Gasteiger partial charge in [-0.15, -0.1) is 0 Å². The van der Waals surface area contributed by atoms with Gasteiger partial charge in [-0.2, -0.15) is 5.10 Å². The number of rotatable bonds is 2. The number of benzene rings is 2. The Bertz CT molecular complexity index is 2130. The molecule has 2 aliphatic heterocycles. The molecule has 1 fully saturated rings. The van der Waals surface area contributed by atoms with E-state index >= 15 is 0 Å². The molecule has 2 atom stereocenters. The lowest BCUT2D eigenvalue weighted by Crippen LogP contribution is -2.45. The first-order valence-corrected chi connectivity index (χ1v) is 15.8. The number of pyridine rings is 1. The molecule has 0 aliphatic carbocycles. The molecule has 0 unspecified atom stereocenters. The Morgan fingerprint density at radius 1 is 0.957 bits per heavy atom. The second-order valence-electron chi connectivity index (χ2n) is 12.2. The Labute approximate surface area is 268 Å². The Kier molecular flexibility index (Phi) is 7.23. The average Bonchev–Trinajstić information content (AvgIpc) is 3.81. The normalized spacial score (nSPS) is 18.9. The van der Waals surface area contributed by atoms with Crippen molar-refractivity contribution >= 4 is 39.6 Å². The number of para-hydroxylation sites is 1. The lowest BCUT2D eigenvalue weighted by Gasteiger charge is -2.28. The van der Waals surface area contributed by atoms with Crippen LogP contribution < -0.4 is 10.2 Å². The minimum atomic E-state index is -0.759. The van der Waals surface area contributed by atoms with Crippen molar-refractivity contribution in [1.82, 2.24) is 39.2 Å². The summed E-state index contributed by atoms with van der Waals surface area (Å²) in [6.07, 6.45) is 8.14. The maximum absolute atomic E-state index is 14.8. The fourth-order valence-corrected chi connectivity index (χ4v) is 6.85. The average molecular weight is 635 g/mol. The number of hydrogen-bond donors (Lipinski definition) is 1. The molecule has 6 heterocycles. The van der Waals surface area contributed by atoms with Crippen LogP contribution in [-0.2, 0) is 11.3 Å². The van der Waals surface area contributed by atoms with Crippen molar-refractivity contribution in [2.45, 2.75) is 44.3 Å². The van der Waals surface area contributed by atoms with Gasteiger partial charge >= 0.3 is 0 Å². The van der Waals surface area contributed by atoms with Gasteiger partial charge in [-0.1, -0.05) is 18.2 Å². The molecule has 6 aromatic rings. The van der Waals surface area contributed by atoms with Gasteiger partial charge in [0, 0.05) is 44.4 Å². The van der Waals surface area contributed by atoms with Crippen LogP contribution in [0.25, 0.3) is 39.0 Å². The van der Waals surface area contributed by atoms with Crippen molar-refractivity contribution in [1.29, 1.82) is 0 Å². The Balaban J connectivity index is 1.18. The third-order valence-corrected chi connectivity index (χ3v) is 9.12. The highest BCUT2D eigenvalue weighted by Gasteiger charge is 2.40. The van der Waals surface area contributed by atoms with Crippen molar-refractivity contribution in [2.75, 3.05) is 30.4 Å². The van der Waals surface area contributed by atoms with Gasteiger partial charge in [-0.05, 0) is 56.0 Å². The van der Waals surface area contributed by atoms with Gasteiger partial charge in [0.1, 0.15) is 35.5 Å². The highest BCUT2D eigenvalue weighted by atomic mass is 19.1. The highest BCUT2D eigenvalue weighted by Crippen LogP contribution is 2.34. The van der Waals surface area contributed by atoms with E-state index in [2.05, 4.69) is 36.0 Å². The number of carbonyl (C=O) groups is 1. The van der Waals surface area contributed by atoms with Gasteiger partial charge in [-0.25, -0.2) is 33.4 Å². The number of nitrogens with zero attached hydrogens (tertiary/aromatic N) is 9. The molecule has 0 saturated carbocycles. The highest BCUT2D eigenvalue weighted by molar-refractivity contribution is 5.93. The molecule has 47 heavy (non-hydrogen) atoms. The van der Waals surface area contributed by atoms with Crippen LogP contribution in [0.5, 0.6) is 0 Å². The summed E-state index contributed by atoms with van der Waals surface area (Å²) < 4.78 is 31.9. The van der Waals surface area contributed by atoms with Gasteiger partial charge in [0.05, 0.1) is 34.6 Å². The van der Waals surface area contributed by atoms with E-state index in [0.29, 0.717) is 42.2 Å². The number of nitrogens with one attached hydrogen (secondary N) is 1. The summed E-state index contributed by atoms with van der Waals surface area (Å²) in [4.78, 5) is 36.5.